The van der Waals surface area contributed by atoms with Crippen molar-refractivity contribution in [1.82, 2.24) is 15.2 Å². The maximum atomic E-state index is 13.1. The van der Waals surface area contributed by atoms with E-state index in [0.29, 0.717) is 12.1 Å². The highest BCUT2D eigenvalue weighted by atomic mass is 19.1. The number of rotatable bonds is 5. The smallest absolute Gasteiger partial charge is 0.145 e. The zero-order valence-electron chi connectivity index (χ0n) is 8.63. The van der Waals surface area contributed by atoms with Gasteiger partial charge in [0.25, 0.3) is 0 Å². The third-order valence-electron chi connectivity index (χ3n) is 1.91. The minimum Gasteiger partial charge on any atom is -0.311 e. The van der Waals surface area contributed by atoms with Crippen LogP contribution in [-0.4, -0.2) is 37.1 Å². The summed E-state index contributed by atoms with van der Waals surface area (Å²) in [5.41, 5.74) is 0.666. The van der Waals surface area contributed by atoms with Gasteiger partial charge >= 0.3 is 0 Å². The molecule has 1 aromatic rings. The average molecular weight is 197 g/mol. The minimum atomic E-state index is -0.246. The fourth-order valence-electron chi connectivity index (χ4n) is 1.07. The maximum absolute atomic E-state index is 13.1. The van der Waals surface area contributed by atoms with Crippen LogP contribution in [0.5, 0.6) is 0 Å². The molecule has 14 heavy (non-hydrogen) atoms. The van der Waals surface area contributed by atoms with Crippen molar-refractivity contribution in [3.8, 4) is 0 Å². The molecule has 0 aliphatic heterocycles. The van der Waals surface area contributed by atoms with Gasteiger partial charge in [-0.05, 0) is 20.2 Å². The number of pyridine rings is 1. The van der Waals surface area contributed by atoms with Gasteiger partial charge in [0.2, 0.25) is 0 Å². The molecule has 1 aromatic heterocycles. The summed E-state index contributed by atoms with van der Waals surface area (Å²) in [4.78, 5) is 5.77. The van der Waals surface area contributed by atoms with E-state index >= 15 is 0 Å². The van der Waals surface area contributed by atoms with E-state index in [9.17, 15) is 4.39 Å². The molecule has 78 valence electrons. The van der Waals surface area contributed by atoms with Gasteiger partial charge in [-0.15, -0.1) is 0 Å². The molecule has 1 heterocycles. The Labute approximate surface area is 84.0 Å². The molecular weight excluding hydrogens is 181 g/mol. The van der Waals surface area contributed by atoms with Crippen molar-refractivity contribution in [3.05, 3.63) is 29.8 Å². The summed E-state index contributed by atoms with van der Waals surface area (Å²) < 4.78 is 13.1. The first-order valence-corrected chi connectivity index (χ1v) is 4.64. The van der Waals surface area contributed by atoms with Crippen molar-refractivity contribution in [2.45, 2.75) is 6.54 Å². The van der Waals surface area contributed by atoms with Crippen molar-refractivity contribution in [2.75, 3.05) is 27.2 Å². The second-order valence-electron chi connectivity index (χ2n) is 3.45. The van der Waals surface area contributed by atoms with Gasteiger partial charge in [0.15, 0.2) is 0 Å². The molecule has 0 aliphatic rings. The molecule has 0 saturated carbocycles. The molecule has 1 rings (SSSR count). The Morgan fingerprint density at radius 3 is 2.93 bits per heavy atom. The van der Waals surface area contributed by atoms with Crippen LogP contribution in [0.4, 0.5) is 4.39 Å². The molecule has 0 bridgehead atoms. The highest BCUT2D eigenvalue weighted by Crippen LogP contribution is 2.02. The summed E-state index contributed by atoms with van der Waals surface area (Å²) in [6.07, 6.45) is 2.84. The zero-order valence-corrected chi connectivity index (χ0v) is 8.63. The topological polar surface area (TPSA) is 28.2 Å². The molecule has 0 radical (unpaired) electrons. The minimum absolute atomic E-state index is 0.246. The van der Waals surface area contributed by atoms with Crippen LogP contribution in [-0.2, 0) is 6.54 Å². The lowest BCUT2D eigenvalue weighted by Gasteiger charge is -2.10. The summed E-state index contributed by atoms with van der Waals surface area (Å²) in [6, 6.07) is 1.69. The Balaban J connectivity index is 2.28. The van der Waals surface area contributed by atoms with E-state index in [2.05, 4.69) is 15.2 Å². The van der Waals surface area contributed by atoms with Gasteiger partial charge in [-0.25, -0.2) is 4.39 Å². The molecule has 0 aliphatic carbocycles. The van der Waals surface area contributed by atoms with Gasteiger partial charge in [0.05, 0.1) is 6.20 Å². The first kappa shape index (κ1) is 11.1. The predicted molar refractivity (Wildman–Crippen MR) is 54.5 cm³/mol. The number of nitrogens with zero attached hydrogens (tertiary/aromatic N) is 2. The Morgan fingerprint density at radius 1 is 1.50 bits per heavy atom. The van der Waals surface area contributed by atoms with E-state index in [1.54, 1.807) is 12.3 Å². The first-order chi connectivity index (χ1) is 6.70. The molecule has 3 nitrogen and oxygen atoms in total. The Hall–Kier alpha value is -1.00. The lowest BCUT2D eigenvalue weighted by atomic mass is 10.2. The lowest BCUT2D eigenvalue weighted by molar-refractivity contribution is 0.399. The molecule has 0 aromatic carbocycles. The molecule has 0 unspecified atom stereocenters. The molecule has 1 N–H and O–H groups in total. The van der Waals surface area contributed by atoms with Gasteiger partial charge in [0.1, 0.15) is 5.82 Å². The van der Waals surface area contributed by atoms with E-state index in [0.717, 1.165) is 13.1 Å². The van der Waals surface area contributed by atoms with Crippen LogP contribution in [0.15, 0.2) is 18.5 Å². The summed E-state index contributed by atoms with van der Waals surface area (Å²) >= 11 is 0. The van der Waals surface area contributed by atoms with E-state index in [1.165, 1.54) is 6.20 Å². The highest BCUT2D eigenvalue weighted by Gasteiger charge is 1.99. The quantitative estimate of drug-likeness (QED) is 0.710. The Kier molecular flexibility index (Phi) is 4.49. The third-order valence-corrected chi connectivity index (χ3v) is 1.91. The van der Waals surface area contributed by atoms with Crippen molar-refractivity contribution in [2.24, 2.45) is 0 Å². The summed E-state index contributed by atoms with van der Waals surface area (Å²) in [6.45, 7) is 2.36. The molecular formula is C10H16FN3. The number of hydrogen-bond acceptors (Lipinski definition) is 3. The van der Waals surface area contributed by atoms with Crippen molar-refractivity contribution >= 4 is 0 Å². The molecule has 0 fully saturated rings. The standard InChI is InChI=1S/C10H16FN3/c1-14(2)6-5-13-7-9-3-4-12-8-10(9)11/h3-4,8,13H,5-7H2,1-2H3. The number of nitrogens with one attached hydrogen (secondary N) is 1. The van der Waals surface area contributed by atoms with Gasteiger partial charge in [0, 0.05) is 31.4 Å². The van der Waals surface area contributed by atoms with Crippen LogP contribution in [0.3, 0.4) is 0 Å². The van der Waals surface area contributed by atoms with Gasteiger partial charge in [-0.2, -0.15) is 0 Å². The van der Waals surface area contributed by atoms with Gasteiger partial charge in [-0.3, -0.25) is 4.98 Å². The van der Waals surface area contributed by atoms with E-state index < -0.39 is 0 Å². The predicted octanol–water partition coefficient (Wildman–Crippen LogP) is 0.872. The SMILES string of the molecule is CN(C)CCNCc1ccncc1F. The van der Waals surface area contributed by atoms with Crippen molar-refractivity contribution in [1.29, 1.82) is 0 Å². The lowest BCUT2D eigenvalue weighted by Crippen LogP contribution is -2.26. The molecule has 0 spiro atoms. The Bertz CT molecular complexity index is 276. The molecule has 0 saturated heterocycles. The van der Waals surface area contributed by atoms with E-state index in [4.69, 9.17) is 0 Å². The first-order valence-electron chi connectivity index (χ1n) is 4.64. The highest BCUT2D eigenvalue weighted by molar-refractivity contribution is 5.11. The summed E-state index contributed by atoms with van der Waals surface area (Å²) in [5, 5.41) is 3.16. The monoisotopic (exact) mass is 197 g/mol. The number of likely N-dealkylation sites (N-methyl/N-ethyl adjacent to an activating group) is 1. The fourth-order valence-corrected chi connectivity index (χ4v) is 1.07. The van der Waals surface area contributed by atoms with Crippen LogP contribution in [0.2, 0.25) is 0 Å². The summed E-state index contributed by atoms with van der Waals surface area (Å²) in [5.74, 6) is -0.246. The second-order valence-corrected chi connectivity index (χ2v) is 3.45. The zero-order chi connectivity index (χ0) is 10.4. The van der Waals surface area contributed by atoms with E-state index in [1.807, 2.05) is 14.1 Å². The van der Waals surface area contributed by atoms with Crippen molar-refractivity contribution in [3.63, 3.8) is 0 Å². The second kappa shape index (κ2) is 5.67. The van der Waals surface area contributed by atoms with Crippen LogP contribution in [0, 0.1) is 5.82 Å². The number of halogens is 1. The number of hydrogen-bond donors (Lipinski definition) is 1. The number of aromatic nitrogens is 1. The molecule has 0 atom stereocenters. The largest absolute Gasteiger partial charge is 0.311 e. The third kappa shape index (κ3) is 3.81. The summed E-state index contributed by atoms with van der Waals surface area (Å²) in [7, 11) is 4.02. The van der Waals surface area contributed by atoms with Crippen LogP contribution in [0.25, 0.3) is 0 Å². The Morgan fingerprint density at radius 2 is 2.29 bits per heavy atom. The normalized spacial score (nSPS) is 10.9. The van der Waals surface area contributed by atoms with Gasteiger partial charge < -0.3 is 10.2 Å². The fraction of sp³-hybridized carbons (Fsp3) is 0.500. The maximum Gasteiger partial charge on any atom is 0.145 e. The van der Waals surface area contributed by atoms with Crippen LogP contribution < -0.4 is 5.32 Å². The van der Waals surface area contributed by atoms with Crippen LogP contribution in [0.1, 0.15) is 5.56 Å². The van der Waals surface area contributed by atoms with Gasteiger partial charge in [-0.1, -0.05) is 0 Å². The average Bonchev–Trinajstić information content (AvgIpc) is 2.15. The van der Waals surface area contributed by atoms with Crippen molar-refractivity contribution < 1.29 is 4.39 Å². The molecule has 0 amide bonds. The van der Waals surface area contributed by atoms with E-state index in [-0.39, 0.29) is 5.82 Å². The molecule has 4 heteroatoms. The van der Waals surface area contributed by atoms with Crippen LogP contribution >= 0.6 is 0 Å².